The lowest BCUT2D eigenvalue weighted by molar-refractivity contribution is -0.118. The number of benzene rings is 2. The van der Waals surface area contributed by atoms with Gasteiger partial charge in [-0.25, -0.2) is 13.1 Å². The van der Waals surface area contributed by atoms with E-state index in [4.69, 9.17) is 0 Å². The van der Waals surface area contributed by atoms with Crippen molar-refractivity contribution in [2.24, 2.45) is 5.92 Å². The summed E-state index contributed by atoms with van der Waals surface area (Å²) in [5.74, 6) is 0.766. The second-order valence-corrected chi connectivity index (χ2v) is 10.8. The molecule has 0 radical (unpaired) electrons. The van der Waals surface area contributed by atoms with Crippen LogP contribution in [0.15, 0.2) is 47.4 Å². The maximum atomic E-state index is 13.0. The van der Waals surface area contributed by atoms with Gasteiger partial charge >= 0.3 is 0 Å². The van der Waals surface area contributed by atoms with Crippen molar-refractivity contribution in [2.45, 2.75) is 57.4 Å². The number of nitrogens with zero attached hydrogens (tertiary/aromatic N) is 2. The molecule has 2 aliphatic rings. The predicted molar refractivity (Wildman–Crippen MR) is 129 cm³/mol. The van der Waals surface area contributed by atoms with Gasteiger partial charge in [-0.15, -0.1) is 0 Å². The summed E-state index contributed by atoms with van der Waals surface area (Å²) in [4.78, 5) is 16.5. The lowest BCUT2D eigenvalue weighted by Crippen LogP contribution is -2.34. The Hall–Kier alpha value is -2.38. The first-order valence-electron chi connectivity index (χ1n) is 11.6. The number of nitrogens with one attached hydrogen (secondary N) is 1. The Morgan fingerprint density at radius 2 is 1.91 bits per heavy atom. The van der Waals surface area contributed by atoms with E-state index in [2.05, 4.69) is 28.7 Å². The van der Waals surface area contributed by atoms with Gasteiger partial charge in [-0.3, -0.25) is 4.79 Å². The lowest BCUT2D eigenvalue weighted by atomic mass is 9.99. The minimum absolute atomic E-state index is 0.0635. The van der Waals surface area contributed by atoms with E-state index in [9.17, 15) is 13.2 Å². The van der Waals surface area contributed by atoms with Crippen LogP contribution < -0.4 is 14.5 Å². The lowest BCUT2D eigenvalue weighted by Gasteiger charge is -2.33. The molecule has 0 aromatic heterocycles. The molecule has 2 aliphatic heterocycles. The van der Waals surface area contributed by atoms with Gasteiger partial charge in [0.2, 0.25) is 15.9 Å². The molecule has 2 heterocycles. The van der Waals surface area contributed by atoms with Crippen LogP contribution >= 0.6 is 0 Å². The maximum Gasteiger partial charge on any atom is 0.241 e. The van der Waals surface area contributed by atoms with Gasteiger partial charge in [0.1, 0.15) is 0 Å². The average Bonchev–Trinajstić information content (AvgIpc) is 3.22. The molecule has 0 saturated carbocycles. The largest absolute Gasteiger partial charge is 0.371 e. The molecule has 1 amide bonds. The number of sulfonamides is 1. The van der Waals surface area contributed by atoms with Crippen molar-refractivity contribution in [1.82, 2.24) is 4.72 Å². The van der Waals surface area contributed by atoms with Crippen LogP contribution in [0.2, 0.25) is 0 Å². The zero-order valence-electron chi connectivity index (χ0n) is 19.2. The Balaban J connectivity index is 1.46. The van der Waals surface area contributed by atoms with Crippen molar-refractivity contribution in [3.05, 3.63) is 53.6 Å². The predicted octanol–water partition coefficient (Wildman–Crippen LogP) is 4.26. The van der Waals surface area contributed by atoms with Crippen molar-refractivity contribution in [1.29, 1.82) is 0 Å². The molecule has 0 aliphatic carbocycles. The fraction of sp³-hybridized carbons (Fsp3) is 0.480. The zero-order chi connectivity index (χ0) is 22.9. The van der Waals surface area contributed by atoms with E-state index in [0.717, 1.165) is 29.9 Å². The van der Waals surface area contributed by atoms with Gasteiger partial charge in [-0.2, -0.15) is 0 Å². The van der Waals surface area contributed by atoms with E-state index in [1.807, 2.05) is 26.0 Å². The number of carbonyl (C=O) groups is 1. The van der Waals surface area contributed by atoms with E-state index in [0.29, 0.717) is 25.3 Å². The molecule has 0 spiro atoms. The molecular weight excluding hydrogens is 422 g/mol. The first-order valence-corrected chi connectivity index (χ1v) is 13.1. The highest BCUT2D eigenvalue weighted by atomic mass is 32.2. The van der Waals surface area contributed by atoms with Gasteiger partial charge in [-0.05, 0) is 73.6 Å². The van der Waals surface area contributed by atoms with Crippen molar-refractivity contribution in [2.75, 3.05) is 29.4 Å². The van der Waals surface area contributed by atoms with Gasteiger partial charge in [-0.1, -0.05) is 26.0 Å². The Morgan fingerprint density at radius 1 is 1.16 bits per heavy atom. The third kappa shape index (κ3) is 4.69. The smallest absolute Gasteiger partial charge is 0.241 e. The minimum atomic E-state index is -3.67. The van der Waals surface area contributed by atoms with E-state index >= 15 is 0 Å². The summed E-state index contributed by atoms with van der Waals surface area (Å²) in [6.07, 6.45) is 3.61. The number of fused-ring (bicyclic) bond motifs is 1. The Kier molecular flexibility index (Phi) is 6.58. The Morgan fingerprint density at radius 3 is 2.59 bits per heavy atom. The monoisotopic (exact) mass is 455 g/mol. The minimum Gasteiger partial charge on any atom is -0.371 e. The standard InChI is InChI=1S/C25H33N3O3S/c1-4-25(29)28-15-13-21-16-23(11-12-24(21)28)32(30,31)26-19(3)20-7-9-22(10-8-20)27-14-5-6-18(2)17-27/h7-12,16,18-19,26H,4-6,13-15,17H2,1-3H3/t18-,19-/m0/s1. The molecule has 1 fully saturated rings. The van der Waals surface area contributed by atoms with Gasteiger partial charge in [0, 0.05) is 43.5 Å². The molecular formula is C25H33N3O3S. The van der Waals surface area contributed by atoms with Crippen LogP contribution in [-0.4, -0.2) is 34.0 Å². The molecule has 0 unspecified atom stereocenters. The van der Waals surface area contributed by atoms with Crippen molar-refractivity contribution in [3.8, 4) is 0 Å². The molecule has 2 aromatic carbocycles. The number of carbonyl (C=O) groups excluding carboxylic acids is 1. The molecule has 7 heteroatoms. The number of amides is 1. The first kappa shape index (κ1) is 22.8. The molecule has 6 nitrogen and oxygen atoms in total. The van der Waals surface area contributed by atoms with Crippen molar-refractivity contribution in [3.63, 3.8) is 0 Å². The van der Waals surface area contributed by atoms with Gasteiger partial charge < -0.3 is 9.80 Å². The highest BCUT2D eigenvalue weighted by Crippen LogP contribution is 2.31. The summed E-state index contributed by atoms with van der Waals surface area (Å²) in [6.45, 7) is 8.74. The third-order valence-electron chi connectivity index (χ3n) is 6.61. The second-order valence-electron chi connectivity index (χ2n) is 9.07. The first-order chi connectivity index (χ1) is 15.3. The Bertz CT molecular complexity index is 1080. The summed E-state index contributed by atoms with van der Waals surface area (Å²) in [5.41, 5.74) is 3.86. The van der Waals surface area contributed by atoms with Crippen LogP contribution in [0.5, 0.6) is 0 Å². The summed E-state index contributed by atoms with van der Waals surface area (Å²) < 4.78 is 28.9. The topological polar surface area (TPSA) is 69.7 Å². The molecule has 0 bridgehead atoms. The van der Waals surface area contributed by atoms with Crippen LogP contribution in [0.25, 0.3) is 0 Å². The van der Waals surface area contributed by atoms with E-state index in [1.54, 1.807) is 23.1 Å². The van der Waals surface area contributed by atoms with Gasteiger partial charge in [0.15, 0.2) is 0 Å². The molecule has 2 aromatic rings. The van der Waals surface area contributed by atoms with Crippen molar-refractivity contribution >= 4 is 27.3 Å². The molecule has 172 valence electrons. The zero-order valence-corrected chi connectivity index (χ0v) is 20.0. The summed E-state index contributed by atoms with van der Waals surface area (Å²) in [5, 5.41) is 0. The van der Waals surface area contributed by atoms with Crippen LogP contribution in [0.1, 0.15) is 57.2 Å². The van der Waals surface area contributed by atoms with E-state index in [-0.39, 0.29) is 16.8 Å². The second kappa shape index (κ2) is 9.24. The fourth-order valence-corrected chi connectivity index (χ4v) is 6.04. The molecule has 1 N–H and O–H groups in total. The van der Waals surface area contributed by atoms with Crippen LogP contribution in [0.3, 0.4) is 0 Å². The number of hydrogen-bond donors (Lipinski definition) is 1. The summed E-state index contributed by atoms with van der Waals surface area (Å²) in [6, 6.07) is 12.9. The Labute approximate surface area is 191 Å². The molecule has 4 rings (SSSR count). The number of hydrogen-bond acceptors (Lipinski definition) is 4. The maximum absolute atomic E-state index is 13.0. The fourth-order valence-electron chi connectivity index (χ4n) is 4.76. The normalized spacial score (nSPS) is 19.7. The van der Waals surface area contributed by atoms with Crippen molar-refractivity contribution < 1.29 is 13.2 Å². The van der Waals surface area contributed by atoms with Crippen LogP contribution in [0.4, 0.5) is 11.4 Å². The number of piperidine rings is 1. The van der Waals surface area contributed by atoms with Crippen LogP contribution in [0, 0.1) is 5.92 Å². The molecule has 1 saturated heterocycles. The van der Waals surface area contributed by atoms with E-state index < -0.39 is 10.0 Å². The van der Waals surface area contributed by atoms with Gasteiger partial charge in [0.25, 0.3) is 0 Å². The van der Waals surface area contributed by atoms with Crippen LogP contribution in [-0.2, 0) is 21.2 Å². The third-order valence-corrected chi connectivity index (χ3v) is 8.15. The SMILES string of the molecule is CCC(=O)N1CCc2cc(S(=O)(=O)N[C@@H](C)c3ccc(N4CCC[C@H](C)C4)cc3)ccc21. The highest BCUT2D eigenvalue weighted by Gasteiger charge is 2.26. The molecule has 2 atom stereocenters. The average molecular weight is 456 g/mol. The van der Waals surface area contributed by atoms with E-state index in [1.165, 1.54) is 18.5 Å². The number of anilines is 2. The van der Waals surface area contributed by atoms with Gasteiger partial charge in [0.05, 0.1) is 4.90 Å². The highest BCUT2D eigenvalue weighted by molar-refractivity contribution is 7.89. The number of rotatable bonds is 6. The quantitative estimate of drug-likeness (QED) is 0.707. The summed E-state index contributed by atoms with van der Waals surface area (Å²) >= 11 is 0. The summed E-state index contributed by atoms with van der Waals surface area (Å²) in [7, 11) is -3.67. The molecule has 32 heavy (non-hydrogen) atoms.